The third-order valence-corrected chi connectivity index (χ3v) is 2.20. The maximum atomic E-state index is 11.8. The van der Waals surface area contributed by atoms with Gasteiger partial charge in [-0.05, 0) is 0 Å². The lowest BCUT2D eigenvalue weighted by molar-refractivity contribution is 0.102. The third kappa shape index (κ3) is 3.26. The van der Waals surface area contributed by atoms with Crippen LogP contribution in [0.3, 0.4) is 0 Å². The monoisotopic (exact) mass is 281 g/mol. The van der Waals surface area contributed by atoms with Crippen LogP contribution in [-0.4, -0.2) is 33.0 Å². The molecule has 9 heteroatoms. The number of methoxy groups -OCH3 is 1. The quantitative estimate of drug-likeness (QED) is 0.792. The highest BCUT2D eigenvalue weighted by Gasteiger charge is 2.11. The van der Waals surface area contributed by atoms with Crippen LogP contribution in [-0.2, 0) is 0 Å². The van der Waals surface area contributed by atoms with Crippen molar-refractivity contribution in [3.63, 3.8) is 0 Å². The number of H-pyrrole nitrogens is 1. The van der Waals surface area contributed by atoms with E-state index in [1.807, 2.05) is 0 Å². The van der Waals surface area contributed by atoms with Gasteiger partial charge in [0.15, 0.2) is 0 Å². The summed E-state index contributed by atoms with van der Waals surface area (Å²) in [6.07, 6.45) is 2.17. The Labute approximate surface area is 111 Å². The van der Waals surface area contributed by atoms with Crippen molar-refractivity contribution in [2.24, 2.45) is 0 Å². The Morgan fingerprint density at radius 3 is 2.89 bits per heavy atom. The number of nitrogens with one attached hydrogen (secondary N) is 2. The van der Waals surface area contributed by atoms with E-state index in [-0.39, 0.29) is 22.7 Å². The summed E-state index contributed by atoms with van der Waals surface area (Å²) in [4.78, 5) is 36.3. The Hall–Kier alpha value is -2.48. The van der Waals surface area contributed by atoms with Crippen molar-refractivity contribution >= 4 is 23.5 Å². The Morgan fingerprint density at radius 2 is 2.26 bits per heavy atom. The fourth-order valence-corrected chi connectivity index (χ4v) is 1.36. The Kier molecular flexibility index (Phi) is 3.71. The molecule has 2 aromatic heterocycles. The van der Waals surface area contributed by atoms with Gasteiger partial charge in [0.1, 0.15) is 10.8 Å². The van der Waals surface area contributed by atoms with E-state index < -0.39 is 11.5 Å². The maximum absolute atomic E-state index is 11.8. The summed E-state index contributed by atoms with van der Waals surface area (Å²) < 4.78 is 4.89. The lowest BCUT2D eigenvalue weighted by Gasteiger charge is -2.05. The molecule has 0 bridgehead atoms. The molecule has 19 heavy (non-hydrogen) atoms. The number of carbonyl (C=O) groups excluding carboxylic acids is 1. The summed E-state index contributed by atoms with van der Waals surface area (Å²) in [5.41, 5.74) is -0.389. The van der Waals surface area contributed by atoms with Crippen LogP contribution >= 0.6 is 11.6 Å². The zero-order valence-electron chi connectivity index (χ0n) is 9.68. The molecule has 0 atom stereocenters. The van der Waals surface area contributed by atoms with Crippen LogP contribution in [0.2, 0.25) is 5.15 Å². The molecule has 8 nitrogen and oxygen atoms in total. The highest BCUT2D eigenvalue weighted by molar-refractivity contribution is 6.29. The molecule has 2 rings (SSSR count). The number of hydrogen-bond acceptors (Lipinski definition) is 6. The van der Waals surface area contributed by atoms with E-state index in [9.17, 15) is 9.59 Å². The molecule has 0 saturated heterocycles. The summed E-state index contributed by atoms with van der Waals surface area (Å²) in [5.74, 6) is -0.396. The molecule has 0 aromatic carbocycles. The first kappa shape index (κ1) is 13.0. The van der Waals surface area contributed by atoms with Gasteiger partial charge in [-0.3, -0.25) is 14.9 Å². The van der Waals surface area contributed by atoms with Crippen molar-refractivity contribution in [3.8, 4) is 5.88 Å². The molecule has 1 amide bonds. The van der Waals surface area contributed by atoms with Crippen molar-refractivity contribution in [2.75, 3.05) is 12.4 Å². The van der Waals surface area contributed by atoms with Gasteiger partial charge >= 0.3 is 0 Å². The largest absolute Gasteiger partial charge is 0.481 e. The molecule has 0 fully saturated rings. The van der Waals surface area contributed by atoms with Crippen LogP contribution in [0.4, 0.5) is 5.95 Å². The van der Waals surface area contributed by atoms with Gasteiger partial charge in [0.05, 0.1) is 13.3 Å². The number of rotatable bonds is 3. The number of carbonyl (C=O) groups is 1. The molecule has 0 radical (unpaired) electrons. The van der Waals surface area contributed by atoms with Crippen molar-refractivity contribution in [1.29, 1.82) is 0 Å². The minimum Gasteiger partial charge on any atom is -0.481 e. The Bertz CT molecular complexity index is 652. The molecular formula is C10H8ClN5O3. The SMILES string of the molecule is COc1cc(Cl)nc(NC(=O)c2c[nH]c(=O)cn2)n1. The smallest absolute Gasteiger partial charge is 0.278 e. The van der Waals surface area contributed by atoms with Crippen LogP contribution < -0.4 is 15.6 Å². The number of hydrogen-bond donors (Lipinski definition) is 2. The first-order valence-electron chi connectivity index (χ1n) is 5.03. The minimum absolute atomic E-state index is 0.0159. The van der Waals surface area contributed by atoms with E-state index in [0.29, 0.717) is 0 Å². The van der Waals surface area contributed by atoms with Crippen LogP contribution in [0.5, 0.6) is 5.88 Å². The van der Waals surface area contributed by atoms with Crippen LogP contribution in [0.15, 0.2) is 23.3 Å². The highest BCUT2D eigenvalue weighted by Crippen LogP contribution is 2.15. The molecule has 2 aromatic rings. The molecule has 0 saturated carbocycles. The second-order valence-electron chi connectivity index (χ2n) is 3.31. The Balaban J connectivity index is 2.21. The van der Waals surface area contributed by atoms with Crippen LogP contribution in [0, 0.1) is 0 Å². The number of anilines is 1. The summed E-state index contributed by atoms with van der Waals surface area (Å²) in [6.45, 7) is 0. The third-order valence-electron chi connectivity index (χ3n) is 2.01. The molecule has 98 valence electrons. The fourth-order valence-electron chi connectivity index (χ4n) is 1.19. The summed E-state index contributed by atoms with van der Waals surface area (Å²) in [5, 5.41) is 2.50. The van der Waals surface area contributed by atoms with E-state index >= 15 is 0 Å². The molecule has 0 spiro atoms. The first-order chi connectivity index (χ1) is 9.08. The number of aromatic nitrogens is 4. The number of ether oxygens (including phenoxy) is 1. The summed E-state index contributed by atoms with van der Waals surface area (Å²) in [6, 6.07) is 1.40. The topological polar surface area (TPSA) is 110 Å². The molecule has 2 heterocycles. The molecule has 0 unspecified atom stereocenters. The average molecular weight is 282 g/mol. The second-order valence-corrected chi connectivity index (χ2v) is 3.69. The van der Waals surface area contributed by atoms with E-state index in [1.54, 1.807) is 0 Å². The first-order valence-corrected chi connectivity index (χ1v) is 5.41. The standard InChI is InChI=1S/C10H8ClN5O3/c1-19-8-2-6(11)14-10(15-8)16-9(18)5-3-13-7(17)4-12-5/h2-4H,1H3,(H,13,17)(H,14,15,16,18). The van der Waals surface area contributed by atoms with E-state index in [1.165, 1.54) is 19.4 Å². The van der Waals surface area contributed by atoms with Gasteiger partial charge in [-0.15, -0.1) is 0 Å². The highest BCUT2D eigenvalue weighted by atomic mass is 35.5. The van der Waals surface area contributed by atoms with E-state index in [0.717, 1.165) is 6.20 Å². The van der Waals surface area contributed by atoms with Gasteiger partial charge in [0, 0.05) is 12.3 Å². The van der Waals surface area contributed by atoms with E-state index in [4.69, 9.17) is 16.3 Å². The van der Waals surface area contributed by atoms with E-state index in [2.05, 4.69) is 25.3 Å². The number of amides is 1. The zero-order chi connectivity index (χ0) is 13.8. The summed E-state index contributed by atoms with van der Waals surface area (Å²) >= 11 is 5.73. The number of halogens is 1. The Morgan fingerprint density at radius 1 is 1.47 bits per heavy atom. The molecule has 0 aliphatic rings. The number of nitrogens with zero attached hydrogens (tertiary/aromatic N) is 3. The second kappa shape index (κ2) is 5.44. The van der Waals surface area contributed by atoms with Crippen molar-refractivity contribution in [1.82, 2.24) is 19.9 Å². The predicted octanol–water partition coefficient (Wildman–Crippen LogP) is 0.474. The minimum atomic E-state index is -0.583. The van der Waals surface area contributed by atoms with Gasteiger partial charge in [-0.25, -0.2) is 9.97 Å². The lowest BCUT2D eigenvalue weighted by Crippen LogP contribution is -2.18. The van der Waals surface area contributed by atoms with Gasteiger partial charge in [0.25, 0.3) is 11.5 Å². The zero-order valence-corrected chi connectivity index (χ0v) is 10.4. The summed E-state index contributed by atoms with van der Waals surface area (Å²) in [7, 11) is 1.41. The van der Waals surface area contributed by atoms with Crippen LogP contribution in [0.1, 0.15) is 10.5 Å². The molecule has 2 N–H and O–H groups in total. The van der Waals surface area contributed by atoms with Gasteiger partial charge in [-0.2, -0.15) is 4.98 Å². The molecular weight excluding hydrogens is 274 g/mol. The molecule has 0 aliphatic heterocycles. The van der Waals surface area contributed by atoms with Gasteiger partial charge in [0.2, 0.25) is 11.8 Å². The maximum Gasteiger partial charge on any atom is 0.278 e. The predicted molar refractivity (Wildman–Crippen MR) is 66.4 cm³/mol. The van der Waals surface area contributed by atoms with Crippen molar-refractivity contribution < 1.29 is 9.53 Å². The van der Waals surface area contributed by atoms with Crippen LogP contribution in [0.25, 0.3) is 0 Å². The fraction of sp³-hybridized carbons (Fsp3) is 0.100. The van der Waals surface area contributed by atoms with Crippen molar-refractivity contribution in [3.05, 3.63) is 39.7 Å². The van der Waals surface area contributed by atoms with Crippen molar-refractivity contribution in [2.45, 2.75) is 0 Å². The average Bonchev–Trinajstić information content (AvgIpc) is 2.38. The lowest BCUT2D eigenvalue weighted by atomic mass is 10.4. The number of aromatic amines is 1. The normalized spacial score (nSPS) is 10.0. The van der Waals surface area contributed by atoms with Gasteiger partial charge < -0.3 is 9.72 Å². The van der Waals surface area contributed by atoms with Gasteiger partial charge in [-0.1, -0.05) is 11.6 Å². The molecule has 0 aliphatic carbocycles.